The van der Waals surface area contributed by atoms with Crippen molar-refractivity contribution in [3.05, 3.63) is 28.8 Å². The number of hydrogen-bond acceptors (Lipinski definition) is 2. The Morgan fingerprint density at radius 1 is 1.19 bits per heavy atom. The molecule has 0 unspecified atom stereocenters. The first-order valence-electron chi connectivity index (χ1n) is 5.83. The topological polar surface area (TPSA) is 24.4 Å². The summed E-state index contributed by atoms with van der Waals surface area (Å²) >= 11 is 6.05. The van der Waals surface area contributed by atoms with Crippen LogP contribution in [-0.4, -0.2) is 5.71 Å². The molecular formula is C13H17ClN2. The second-order valence-electron chi connectivity index (χ2n) is 4.31. The van der Waals surface area contributed by atoms with Crippen molar-refractivity contribution in [2.45, 2.75) is 39.0 Å². The monoisotopic (exact) mass is 236 g/mol. The Balaban J connectivity index is 2.00. The van der Waals surface area contributed by atoms with E-state index in [1.54, 1.807) is 0 Å². The lowest BCUT2D eigenvalue weighted by molar-refractivity contribution is 0.665. The van der Waals surface area contributed by atoms with Crippen LogP contribution in [0.4, 0.5) is 5.69 Å². The predicted molar refractivity (Wildman–Crippen MR) is 70.3 cm³/mol. The van der Waals surface area contributed by atoms with Crippen molar-refractivity contribution in [2.24, 2.45) is 5.10 Å². The number of nitrogens with zero attached hydrogens (tertiary/aromatic N) is 1. The SMILES string of the molecule is Cc1ccc(NN=C2CCCCC2)cc1Cl. The first kappa shape index (κ1) is 11.5. The molecule has 1 aromatic rings. The fourth-order valence-corrected chi connectivity index (χ4v) is 2.06. The van der Waals surface area contributed by atoms with Gasteiger partial charge in [-0.25, -0.2) is 0 Å². The summed E-state index contributed by atoms with van der Waals surface area (Å²) in [7, 11) is 0. The minimum absolute atomic E-state index is 0.786. The molecule has 1 aliphatic carbocycles. The number of anilines is 1. The van der Waals surface area contributed by atoms with E-state index in [-0.39, 0.29) is 0 Å². The maximum Gasteiger partial charge on any atom is 0.0576 e. The molecule has 0 atom stereocenters. The molecule has 0 spiro atoms. The largest absolute Gasteiger partial charge is 0.279 e. The molecular weight excluding hydrogens is 220 g/mol. The van der Waals surface area contributed by atoms with Gasteiger partial charge in [-0.3, -0.25) is 5.43 Å². The lowest BCUT2D eigenvalue weighted by atomic mass is 9.99. The maximum atomic E-state index is 6.05. The normalized spacial score (nSPS) is 16.0. The lowest BCUT2D eigenvalue weighted by Gasteiger charge is -2.12. The van der Waals surface area contributed by atoms with E-state index in [0.717, 1.165) is 29.1 Å². The molecule has 0 radical (unpaired) electrons. The molecule has 86 valence electrons. The van der Waals surface area contributed by atoms with E-state index in [1.165, 1.54) is 25.0 Å². The van der Waals surface area contributed by atoms with Crippen LogP contribution in [0.1, 0.15) is 37.7 Å². The molecule has 1 aliphatic rings. The Morgan fingerprint density at radius 2 is 1.94 bits per heavy atom. The average Bonchev–Trinajstić information content (AvgIpc) is 2.32. The molecule has 0 saturated heterocycles. The highest BCUT2D eigenvalue weighted by atomic mass is 35.5. The molecule has 1 aromatic carbocycles. The van der Waals surface area contributed by atoms with Crippen molar-refractivity contribution >= 4 is 23.0 Å². The highest BCUT2D eigenvalue weighted by Gasteiger charge is 2.06. The molecule has 0 amide bonds. The molecule has 1 fully saturated rings. The highest BCUT2D eigenvalue weighted by Crippen LogP contribution is 2.20. The summed E-state index contributed by atoms with van der Waals surface area (Å²) in [6.45, 7) is 2.00. The van der Waals surface area contributed by atoms with Crippen LogP contribution < -0.4 is 5.43 Å². The van der Waals surface area contributed by atoms with Gasteiger partial charge in [0, 0.05) is 10.7 Å². The summed E-state index contributed by atoms with van der Waals surface area (Å²) < 4.78 is 0. The quantitative estimate of drug-likeness (QED) is 0.758. The van der Waals surface area contributed by atoms with E-state index in [4.69, 9.17) is 11.6 Å². The Morgan fingerprint density at radius 3 is 2.62 bits per heavy atom. The van der Waals surface area contributed by atoms with Crippen LogP contribution in [0.2, 0.25) is 5.02 Å². The minimum atomic E-state index is 0.786. The third-order valence-electron chi connectivity index (χ3n) is 2.95. The summed E-state index contributed by atoms with van der Waals surface area (Å²) in [5, 5.41) is 5.22. The van der Waals surface area contributed by atoms with Crippen molar-refractivity contribution in [1.82, 2.24) is 0 Å². The molecule has 16 heavy (non-hydrogen) atoms. The zero-order valence-corrected chi connectivity index (χ0v) is 10.3. The van der Waals surface area contributed by atoms with Crippen molar-refractivity contribution in [1.29, 1.82) is 0 Å². The van der Waals surface area contributed by atoms with Crippen molar-refractivity contribution in [3.8, 4) is 0 Å². The van der Waals surface area contributed by atoms with Gasteiger partial charge in [-0.1, -0.05) is 24.1 Å². The third-order valence-corrected chi connectivity index (χ3v) is 3.35. The lowest BCUT2D eigenvalue weighted by Crippen LogP contribution is -2.07. The van der Waals surface area contributed by atoms with Gasteiger partial charge in [-0.15, -0.1) is 0 Å². The highest BCUT2D eigenvalue weighted by molar-refractivity contribution is 6.31. The van der Waals surface area contributed by atoms with E-state index in [9.17, 15) is 0 Å². The first-order valence-corrected chi connectivity index (χ1v) is 6.21. The summed E-state index contributed by atoms with van der Waals surface area (Å²) in [5.74, 6) is 0. The fourth-order valence-electron chi connectivity index (χ4n) is 1.88. The van der Waals surface area contributed by atoms with E-state index in [2.05, 4.69) is 10.5 Å². The van der Waals surface area contributed by atoms with Gasteiger partial charge in [-0.2, -0.15) is 5.10 Å². The molecule has 2 rings (SSSR count). The van der Waals surface area contributed by atoms with Gasteiger partial charge in [0.25, 0.3) is 0 Å². The van der Waals surface area contributed by atoms with E-state index in [1.807, 2.05) is 25.1 Å². The number of benzene rings is 1. The molecule has 0 bridgehead atoms. The maximum absolute atomic E-state index is 6.05. The summed E-state index contributed by atoms with van der Waals surface area (Å²) in [6, 6.07) is 5.93. The van der Waals surface area contributed by atoms with E-state index >= 15 is 0 Å². The fraction of sp³-hybridized carbons (Fsp3) is 0.462. The van der Waals surface area contributed by atoms with Crippen molar-refractivity contribution < 1.29 is 0 Å². The number of aryl methyl sites for hydroxylation is 1. The zero-order chi connectivity index (χ0) is 11.4. The summed E-state index contributed by atoms with van der Waals surface area (Å²) in [6.07, 6.45) is 6.15. The van der Waals surface area contributed by atoms with Gasteiger partial charge >= 0.3 is 0 Å². The smallest absolute Gasteiger partial charge is 0.0576 e. The second-order valence-corrected chi connectivity index (χ2v) is 4.72. The number of hydrazone groups is 1. The van der Waals surface area contributed by atoms with Crippen LogP contribution in [0.25, 0.3) is 0 Å². The van der Waals surface area contributed by atoms with Crippen LogP contribution in [0.5, 0.6) is 0 Å². The molecule has 3 heteroatoms. The molecule has 0 aromatic heterocycles. The Kier molecular flexibility index (Phi) is 3.83. The molecule has 1 saturated carbocycles. The van der Waals surface area contributed by atoms with Gasteiger partial charge in [0.1, 0.15) is 0 Å². The van der Waals surface area contributed by atoms with E-state index in [0.29, 0.717) is 0 Å². The molecule has 2 nitrogen and oxygen atoms in total. The van der Waals surface area contributed by atoms with Crippen LogP contribution >= 0.6 is 11.6 Å². The van der Waals surface area contributed by atoms with Crippen LogP contribution in [0, 0.1) is 6.92 Å². The Bertz CT molecular complexity index is 391. The van der Waals surface area contributed by atoms with Crippen LogP contribution in [0.15, 0.2) is 23.3 Å². The number of hydrogen-bond donors (Lipinski definition) is 1. The first-order chi connectivity index (χ1) is 7.75. The van der Waals surface area contributed by atoms with Crippen LogP contribution in [0.3, 0.4) is 0 Å². The second kappa shape index (κ2) is 5.35. The van der Waals surface area contributed by atoms with Crippen molar-refractivity contribution in [3.63, 3.8) is 0 Å². The average molecular weight is 237 g/mol. The van der Waals surface area contributed by atoms with E-state index < -0.39 is 0 Å². The molecule has 0 heterocycles. The third kappa shape index (κ3) is 2.99. The number of nitrogens with one attached hydrogen (secondary N) is 1. The van der Waals surface area contributed by atoms with Gasteiger partial charge in [-0.05, 0) is 50.3 Å². The van der Waals surface area contributed by atoms with Gasteiger partial charge < -0.3 is 0 Å². The predicted octanol–water partition coefficient (Wildman–Crippen LogP) is 4.38. The van der Waals surface area contributed by atoms with Gasteiger partial charge in [0.15, 0.2) is 0 Å². The van der Waals surface area contributed by atoms with Crippen molar-refractivity contribution in [2.75, 3.05) is 5.43 Å². The Labute approximate surface area is 102 Å². The molecule has 1 N–H and O–H groups in total. The summed E-state index contributed by atoms with van der Waals surface area (Å²) in [5.41, 5.74) is 6.43. The number of halogens is 1. The minimum Gasteiger partial charge on any atom is -0.279 e. The standard InChI is InChI=1S/C13H17ClN2/c1-10-7-8-12(9-13(10)14)16-15-11-5-3-2-4-6-11/h7-9,16H,2-6H2,1H3. The molecule has 0 aliphatic heterocycles. The Hall–Kier alpha value is -1.02. The van der Waals surface area contributed by atoms with Gasteiger partial charge in [0.2, 0.25) is 0 Å². The zero-order valence-electron chi connectivity index (χ0n) is 9.59. The summed E-state index contributed by atoms with van der Waals surface area (Å²) in [4.78, 5) is 0. The van der Waals surface area contributed by atoms with Crippen LogP contribution in [-0.2, 0) is 0 Å². The number of rotatable bonds is 2. The van der Waals surface area contributed by atoms with Gasteiger partial charge in [0.05, 0.1) is 5.69 Å².